The lowest BCUT2D eigenvalue weighted by Gasteiger charge is -2.06. The van der Waals surface area contributed by atoms with Gasteiger partial charge in [-0.25, -0.2) is 0 Å². The van der Waals surface area contributed by atoms with Crippen LogP contribution < -0.4 is 0 Å². The van der Waals surface area contributed by atoms with E-state index >= 15 is 0 Å². The molecule has 0 unspecified atom stereocenters. The summed E-state index contributed by atoms with van der Waals surface area (Å²) >= 11 is 3.25. The monoisotopic (exact) mass is 332 g/mol. The molecule has 0 amide bonds. The number of carbonyl (C=O) groups is 1. The van der Waals surface area contributed by atoms with Crippen molar-refractivity contribution in [3.05, 3.63) is 45.1 Å². The van der Waals surface area contributed by atoms with E-state index in [0.29, 0.717) is 16.5 Å². The lowest BCUT2D eigenvalue weighted by molar-refractivity contribution is -0.111. The minimum atomic E-state index is -0.270. The molecule has 0 radical (unpaired) electrons. The molecule has 0 atom stereocenters. The number of nitriles is 1. The molecule has 5 heteroatoms. The fourth-order valence-corrected chi connectivity index (χ4v) is 2.46. The Labute approximate surface area is 125 Å². The second-order valence-electron chi connectivity index (χ2n) is 4.80. The summed E-state index contributed by atoms with van der Waals surface area (Å²) in [7, 11) is 3.52. The summed E-state index contributed by atoms with van der Waals surface area (Å²) in [5.74, 6) is -0.133. The van der Waals surface area contributed by atoms with E-state index in [1.165, 1.54) is 6.20 Å². The van der Waals surface area contributed by atoms with Gasteiger partial charge in [-0.05, 0) is 45.3 Å². The molecule has 0 aliphatic heterocycles. The van der Waals surface area contributed by atoms with Crippen molar-refractivity contribution in [2.45, 2.75) is 6.42 Å². The number of phenols is 1. The van der Waals surface area contributed by atoms with Gasteiger partial charge >= 0.3 is 0 Å². The van der Waals surface area contributed by atoms with Crippen LogP contribution in [-0.2, 0) is 11.2 Å². The van der Waals surface area contributed by atoms with E-state index in [1.807, 2.05) is 6.07 Å². The number of Topliss-reactive ketones (excluding diaryl/α,β-unsaturated/α-hetero) is 1. The van der Waals surface area contributed by atoms with Crippen molar-refractivity contribution in [3.8, 4) is 11.8 Å². The smallest absolute Gasteiger partial charge is 0.201 e. The number of halogens is 1. The number of aromatic hydroxyl groups is 1. The fraction of sp³-hybridized carbons (Fsp3) is 0.200. The molecule has 0 saturated carbocycles. The molecule has 0 bridgehead atoms. The van der Waals surface area contributed by atoms with Crippen LogP contribution in [0, 0.1) is 11.3 Å². The summed E-state index contributed by atoms with van der Waals surface area (Å²) in [6.45, 7) is 0. The zero-order valence-electron chi connectivity index (χ0n) is 11.1. The Morgan fingerprint density at radius 3 is 2.80 bits per heavy atom. The molecule has 0 heterocycles. The maximum Gasteiger partial charge on any atom is 0.201 e. The first kappa shape index (κ1) is 14.4. The number of rotatable bonds is 3. The van der Waals surface area contributed by atoms with Crippen molar-refractivity contribution in [1.82, 2.24) is 4.90 Å². The highest BCUT2D eigenvalue weighted by molar-refractivity contribution is 9.10. The molecule has 20 heavy (non-hydrogen) atoms. The van der Waals surface area contributed by atoms with Crippen LogP contribution in [0.1, 0.15) is 11.1 Å². The molecule has 2 rings (SSSR count). The van der Waals surface area contributed by atoms with Gasteiger partial charge in [-0.1, -0.05) is 0 Å². The molecule has 1 aliphatic carbocycles. The maximum atomic E-state index is 12.3. The van der Waals surface area contributed by atoms with Gasteiger partial charge in [-0.15, -0.1) is 0 Å². The van der Waals surface area contributed by atoms with Gasteiger partial charge in [-0.3, -0.25) is 4.79 Å². The highest BCUT2D eigenvalue weighted by Gasteiger charge is 2.22. The summed E-state index contributed by atoms with van der Waals surface area (Å²) in [5.41, 5.74) is 2.45. The summed E-state index contributed by atoms with van der Waals surface area (Å²) in [6.07, 6.45) is 3.71. The Balaban J connectivity index is 2.32. The molecule has 0 spiro atoms. The van der Waals surface area contributed by atoms with Crippen LogP contribution in [0.2, 0.25) is 0 Å². The molecule has 1 N–H and O–H groups in total. The molecule has 0 fully saturated rings. The number of carbonyl (C=O) groups excluding carboxylic acids is 1. The van der Waals surface area contributed by atoms with Gasteiger partial charge in [0.25, 0.3) is 0 Å². The lowest BCUT2D eigenvalue weighted by atomic mass is 10.0. The van der Waals surface area contributed by atoms with Gasteiger partial charge in [0.1, 0.15) is 17.4 Å². The minimum Gasteiger partial charge on any atom is -0.507 e. The quantitative estimate of drug-likeness (QED) is 0.682. The number of allylic oxidation sites excluding steroid dienone is 2. The predicted octanol–water partition coefficient (Wildman–Crippen LogP) is 2.63. The molecule has 1 aliphatic rings. The Morgan fingerprint density at radius 2 is 2.20 bits per heavy atom. The van der Waals surface area contributed by atoms with Crippen molar-refractivity contribution in [2.75, 3.05) is 14.1 Å². The lowest BCUT2D eigenvalue weighted by Crippen LogP contribution is -2.10. The van der Waals surface area contributed by atoms with E-state index in [0.717, 1.165) is 11.1 Å². The van der Waals surface area contributed by atoms with Gasteiger partial charge in [0, 0.05) is 32.3 Å². The topological polar surface area (TPSA) is 64.3 Å². The number of ketones is 1. The third-order valence-corrected chi connectivity index (χ3v) is 3.60. The highest BCUT2D eigenvalue weighted by Crippen LogP contribution is 2.34. The SMILES string of the molecule is CN(C)C=C(C#N)C(=O)C1=Cc2cc(O)c(Br)cc2C1. The number of fused-ring (bicyclic) bond motifs is 1. The Bertz CT molecular complexity index is 682. The fourth-order valence-electron chi connectivity index (χ4n) is 2.07. The van der Waals surface area contributed by atoms with Gasteiger partial charge in [-0.2, -0.15) is 5.26 Å². The third-order valence-electron chi connectivity index (χ3n) is 2.96. The van der Waals surface area contributed by atoms with E-state index < -0.39 is 0 Å². The summed E-state index contributed by atoms with van der Waals surface area (Å²) in [4.78, 5) is 14.0. The molecule has 0 saturated heterocycles. The number of hydrogen-bond donors (Lipinski definition) is 1. The molecule has 0 aromatic heterocycles. The second-order valence-corrected chi connectivity index (χ2v) is 5.65. The Hall–Kier alpha value is -2.06. The van der Waals surface area contributed by atoms with E-state index in [4.69, 9.17) is 5.26 Å². The number of phenolic OH excluding ortho intramolecular Hbond substituents is 1. The summed E-state index contributed by atoms with van der Waals surface area (Å²) in [6, 6.07) is 5.34. The van der Waals surface area contributed by atoms with Crippen LogP contribution >= 0.6 is 15.9 Å². The zero-order chi connectivity index (χ0) is 14.9. The zero-order valence-corrected chi connectivity index (χ0v) is 12.7. The average Bonchev–Trinajstić information content (AvgIpc) is 2.78. The second kappa shape index (κ2) is 5.51. The van der Waals surface area contributed by atoms with Crippen molar-refractivity contribution in [3.63, 3.8) is 0 Å². The molecular formula is C15H13BrN2O2. The predicted molar refractivity (Wildman–Crippen MR) is 79.9 cm³/mol. The van der Waals surface area contributed by atoms with Crippen molar-refractivity contribution >= 4 is 27.8 Å². The van der Waals surface area contributed by atoms with Crippen molar-refractivity contribution in [1.29, 1.82) is 5.26 Å². The summed E-state index contributed by atoms with van der Waals surface area (Å²) in [5, 5.41) is 18.7. The number of benzene rings is 1. The van der Waals surface area contributed by atoms with Gasteiger partial charge in [0.2, 0.25) is 5.78 Å². The first-order valence-electron chi connectivity index (χ1n) is 5.97. The van der Waals surface area contributed by atoms with Gasteiger partial charge < -0.3 is 10.0 Å². The van der Waals surface area contributed by atoms with Crippen LogP contribution in [0.5, 0.6) is 5.75 Å². The van der Waals surface area contributed by atoms with Crippen molar-refractivity contribution < 1.29 is 9.90 Å². The molecule has 1 aromatic carbocycles. The van der Waals surface area contributed by atoms with Crippen LogP contribution in [-0.4, -0.2) is 29.9 Å². The average molecular weight is 333 g/mol. The normalized spacial score (nSPS) is 13.5. The molecular weight excluding hydrogens is 320 g/mol. The van der Waals surface area contributed by atoms with E-state index in [-0.39, 0.29) is 17.1 Å². The van der Waals surface area contributed by atoms with E-state index in [2.05, 4.69) is 15.9 Å². The third kappa shape index (κ3) is 2.75. The highest BCUT2D eigenvalue weighted by atomic mass is 79.9. The standard InChI is InChI=1S/C15H13BrN2O2/c1-18(2)8-12(7-17)15(20)11-3-9-5-13(16)14(19)6-10(9)4-11/h4-6,8,19H,3H2,1-2H3. The maximum absolute atomic E-state index is 12.3. The minimum absolute atomic E-state index is 0.109. The van der Waals surface area contributed by atoms with E-state index in [1.54, 1.807) is 37.2 Å². The van der Waals surface area contributed by atoms with Gasteiger partial charge in [0.05, 0.1) is 4.47 Å². The Morgan fingerprint density at radius 1 is 1.50 bits per heavy atom. The van der Waals surface area contributed by atoms with Gasteiger partial charge in [0.15, 0.2) is 0 Å². The largest absolute Gasteiger partial charge is 0.507 e. The number of hydrogen-bond acceptors (Lipinski definition) is 4. The van der Waals surface area contributed by atoms with Crippen LogP contribution in [0.25, 0.3) is 6.08 Å². The molecule has 102 valence electrons. The van der Waals surface area contributed by atoms with Crippen LogP contribution in [0.4, 0.5) is 0 Å². The Kier molecular flexibility index (Phi) is 3.96. The summed E-state index contributed by atoms with van der Waals surface area (Å²) < 4.78 is 0.600. The van der Waals surface area contributed by atoms with Crippen LogP contribution in [0.15, 0.2) is 34.0 Å². The molecule has 1 aromatic rings. The van der Waals surface area contributed by atoms with Crippen LogP contribution in [0.3, 0.4) is 0 Å². The van der Waals surface area contributed by atoms with E-state index in [9.17, 15) is 9.90 Å². The number of nitrogens with zero attached hydrogens (tertiary/aromatic N) is 2. The molecule has 4 nitrogen and oxygen atoms in total. The van der Waals surface area contributed by atoms with Crippen molar-refractivity contribution in [2.24, 2.45) is 0 Å². The first-order chi connectivity index (χ1) is 9.42. The first-order valence-corrected chi connectivity index (χ1v) is 6.76.